The fraction of sp³-hybridized carbons (Fsp3) is 0.571. The maximum absolute atomic E-state index is 12.3. The Morgan fingerprint density at radius 2 is 1.84 bits per heavy atom. The van der Waals surface area contributed by atoms with Crippen LogP contribution >= 0.6 is 0 Å². The standard InChI is InChI=1S/C14H19F3N2/c1-18-9-10-19(8-7-14(15,16)17)11-13(18)12-5-3-2-4-6-12/h2-6,13H,7-11H2,1H3/t13-/m1/s1. The van der Waals surface area contributed by atoms with Gasteiger partial charge in [-0.1, -0.05) is 30.3 Å². The Kier molecular flexibility index (Phi) is 4.47. The number of hydrogen-bond donors (Lipinski definition) is 0. The van der Waals surface area contributed by atoms with Crippen LogP contribution in [-0.2, 0) is 0 Å². The molecule has 0 N–H and O–H groups in total. The van der Waals surface area contributed by atoms with Crippen molar-refractivity contribution in [1.29, 1.82) is 0 Å². The van der Waals surface area contributed by atoms with Gasteiger partial charge in [-0.15, -0.1) is 0 Å². The molecule has 0 aromatic heterocycles. The smallest absolute Gasteiger partial charge is 0.300 e. The number of piperazine rings is 1. The van der Waals surface area contributed by atoms with Crippen LogP contribution in [0.4, 0.5) is 13.2 Å². The average molecular weight is 272 g/mol. The number of likely N-dealkylation sites (N-methyl/N-ethyl adjacent to an activating group) is 1. The van der Waals surface area contributed by atoms with Gasteiger partial charge < -0.3 is 0 Å². The SMILES string of the molecule is CN1CCN(CCC(F)(F)F)C[C@@H]1c1ccccc1. The first-order chi connectivity index (χ1) is 8.96. The van der Waals surface area contributed by atoms with E-state index < -0.39 is 12.6 Å². The van der Waals surface area contributed by atoms with Crippen molar-refractivity contribution in [3.8, 4) is 0 Å². The second-order valence-corrected chi connectivity index (χ2v) is 5.07. The van der Waals surface area contributed by atoms with E-state index in [1.54, 1.807) is 0 Å². The Balaban J connectivity index is 1.97. The van der Waals surface area contributed by atoms with Crippen molar-refractivity contribution in [3.63, 3.8) is 0 Å². The predicted molar refractivity (Wildman–Crippen MR) is 68.9 cm³/mol. The van der Waals surface area contributed by atoms with Gasteiger partial charge in [0.2, 0.25) is 0 Å². The quantitative estimate of drug-likeness (QED) is 0.834. The molecule has 1 saturated heterocycles. The average Bonchev–Trinajstić information content (AvgIpc) is 2.38. The van der Waals surface area contributed by atoms with E-state index >= 15 is 0 Å². The summed E-state index contributed by atoms with van der Waals surface area (Å²) in [5, 5.41) is 0. The van der Waals surface area contributed by atoms with Crippen molar-refractivity contribution in [1.82, 2.24) is 9.80 Å². The molecule has 1 fully saturated rings. The van der Waals surface area contributed by atoms with E-state index in [-0.39, 0.29) is 12.6 Å². The zero-order valence-electron chi connectivity index (χ0n) is 11.0. The zero-order chi connectivity index (χ0) is 13.9. The molecule has 1 atom stereocenters. The summed E-state index contributed by atoms with van der Waals surface area (Å²) in [6.07, 6.45) is -4.79. The molecule has 2 nitrogen and oxygen atoms in total. The van der Waals surface area contributed by atoms with Gasteiger partial charge in [0.05, 0.1) is 6.42 Å². The van der Waals surface area contributed by atoms with E-state index in [1.807, 2.05) is 42.3 Å². The lowest BCUT2D eigenvalue weighted by atomic mass is 10.0. The summed E-state index contributed by atoms with van der Waals surface area (Å²) in [6.45, 7) is 2.27. The summed E-state index contributed by atoms with van der Waals surface area (Å²) >= 11 is 0. The number of rotatable bonds is 3. The third-order valence-electron chi connectivity index (χ3n) is 3.63. The number of halogens is 3. The molecule has 1 aliphatic heterocycles. The lowest BCUT2D eigenvalue weighted by Gasteiger charge is -2.39. The molecule has 19 heavy (non-hydrogen) atoms. The summed E-state index contributed by atoms with van der Waals surface area (Å²) in [5.74, 6) is 0. The molecule has 2 rings (SSSR count). The lowest BCUT2D eigenvalue weighted by Crippen LogP contribution is -2.47. The lowest BCUT2D eigenvalue weighted by molar-refractivity contribution is -0.139. The van der Waals surface area contributed by atoms with Gasteiger partial charge in [-0.3, -0.25) is 9.80 Å². The fourth-order valence-corrected chi connectivity index (χ4v) is 2.45. The van der Waals surface area contributed by atoms with Gasteiger partial charge in [-0.25, -0.2) is 0 Å². The normalized spacial score (nSPS) is 22.6. The predicted octanol–water partition coefficient (Wildman–Crippen LogP) is 2.93. The van der Waals surface area contributed by atoms with Crippen molar-refractivity contribution < 1.29 is 13.2 Å². The minimum absolute atomic E-state index is 0.0979. The van der Waals surface area contributed by atoms with Crippen LogP contribution in [0.2, 0.25) is 0 Å². The highest BCUT2D eigenvalue weighted by molar-refractivity contribution is 5.19. The molecular weight excluding hydrogens is 253 g/mol. The Morgan fingerprint density at radius 1 is 1.16 bits per heavy atom. The first-order valence-electron chi connectivity index (χ1n) is 6.50. The highest BCUT2D eigenvalue weighted by atomic mass is 19.4. The number of alkyl halides is 3. The van der Waals surface area contributed by atoms with Crippen LogP contribution in [-0.4, -0.2) is 49.2 Å². The molecule has 0 spiro atoms. The largest absolute Gasteiger partial charge is 0.390 e. The van der Waals surface area contributed by atoms with Gasteiger partial charge in [0.1, 0.15) is 0 Å². The Morgan fingerprint density at radius 3 is 2.47 bits per heavy atom. The van der Waals surface area contributed by atoms with Crippen molar-refractivity contribution in [2.75, 3.05) is 33.2 Å². The van der Waals surface area contributed by atoms with E-state index in [1.165, 1.54) is 5.56 Å². The molecule has 0 saturated carbocycles. The third-order valence-corrected chi connectivity index (χ3v) is 3.63. The summed E-state index contributed by atoms with van der Waals surface area (Å²) in [7, 11) is 2.03. The summed E-state index contributed by atoms with van der Waals surface area (Å²) in [4.78, 5) is 4.12. The van der Waals surface area contributed by atoms with Crippen LogP contribution in [0.25, 0.3) is 0 Å². The second kappa shape index (κ2) is 5.92. The number of nitrogens with zero attached hydrogens (tertiary/aromatic N) is 2. The van der Waals surface area contributed by atoms with Gasteiger partial charge in [0, 0.05) is 32.2 Å². The van der Waals surface area contributed by atoms with Crippen molar-refractivity contribution in [3.05, 3.63) is 35.9 Å². The molecule has 0 unspecified atom stereocenters. The van der Waals surface area contributed by atoms with Crippen molar-refractivity contribution >= 4 is 0 Å². The van der Waals surface area contributed by atoms with Crippen LogP contribution in [0.5, 0.6) is 0 Å². The summed E-state index contributed by atoms with van der Waals surface area (Å²) in [5.41, 5.74) is 1.17. The minimum atomic E-state index is -4.06. The highest BCUT2D eigenvalue weighted by Gasteiger charge is 2.30. The van der Waals surface area contributed by atoms with Gasteiger partial charge >= 0.3 is 6.18 Å². The molecule has 1 aromatic carbocycles. The molecule has 1 aliphatic rings. The molecule has 0 aliphatic carbocycles. The Bertz CT molecular complexity index is 391. The van der Waals surface area contributed by atoms with Gasteiger partial charge in [0.15, 0.2) is 0 Å². The first-order valence-corrected chi connectivity index (χ1v) is 6.50. The van der Waals surface area contributed by atoms with E-state index in [0.29, 0.717) is 13.1 Å². The summed E-state index contributed by atoms with van der Waals surface area (Å²) < 4.78 is 36.8. The van der Waals surface area contributed by atoms with Gasteiger partial charge in [-0.05, 0) is 12.6 Å². The fourth-order valence-electron chi connectivity index (χ4n) is 2.45. The summed E-state index contributed by atoms with van der Waals surface area (Å²) in [6, 6.07) is 10.1. The number of hydrogen-bond acceptors (Lipinski definition) is 2. The van der Waals surface area contributed by atoms with E-state index in [4.69, 9.17) is 0 Å². The van der Waals surface area contributed by atoms with Gasteiger partial charge in [-0.2, -0.15) is 13.2 Å². The molecule has 5 heteroatoms. The molecule has 0 amide bonds. The maximum atomic E-state index is 12.3. The van der Waals surface area contributed by atoms with Crippen LogP contribution in [0.15, 0.2) is 30.3 Å². The zero-order valence-corrected chi connectivity index (χ0v) is 11.0. The monoisotopic (exact) mass is 272 g/mol. The minimum Gasteiger partial charge on any atom is -0.300 e. The highest BCUT2D eigenvalue weighted by Crippen LogP contribution is 2.25. The second-order valence-electron chi connectivity index (χ2n) is 5.07. The first kappa shape index (κ1) is 14.3. The van der Waals surface area contributed by atoms with Crippen LogP contribution < -0.4 is 0 Å². The third kappa shape index (κ3) is 4.21. The Labute approximate surface area is 111 Å². The van der Waals surface area contributed by atoms with E-state index in [2.05, 4.69) is 4.90 Å². The van der Waals surface area contributed by atoms with Crippen molar-refractivity contribution in [2.45, 2.75) is 18.6 Å². The number of benzene rings is 1. The topological polar surface area (TPSA) is 6.48 Å². The van der Waals surface area contributed by atoms with Crippen molar-refractivity contribution in [2.24, 2.45) is 0 Å². The van der Waals surface area contributed by atoms with E-state index in [0.717, 1.165) is 6.54 Å². The van der Waals surface area contributed by atoms with Gasteiger partial charge in [0.25, 0.3) is 0 Å². The molecule has 1 heterocycles. The Hall–Kier alpha value is -1.07. The van der Waals surface area contributed by atoms with Crippen LogP contribution in [0.1, 0.15) is 18.0 Å². The van der Waals surface area contributed by atoms with Crippen LogP contribution in [0.3, 0.4) is 0 Å². The molecular formula is C14H19F3N2. The molecule has 106 valence electrons. The van der Waals surface area contributed by atoms with E-state index in [9.17, 15) is 13.2 Å². The molecule has 0 radical (unpaired) electrons. The molecule has 0 bridgehead atoms. The maximum Gasteiger partial charge on any atom is 0.390 e. The molecule has 1 aromatic rings. The van der Waals surface area contributed by atoms with Crippen LogP contribution in [0, 0.1) is 0 Å².